The molecule has 29 heavy (non-hydrogen) atoms. The van der Waals surface area contributed by atoms with Crippen LogP contribution in [-0.4, -0.2) is 85.8 Å². The predicted octanol–water partition coefficient (Wildman–Crippen LogP) is -0.571. The Hall–Kier alpha value is -2.78. The summed E-state index contributed by atoms with van der Waals surface area (Å²) in [5.74, 6) is -1.92. The summed E-state index contributed by atoms with van der Waals surface area (Å²) in [6.07, 6.45) is 0.275. The number of nitrogens with zero attached hydrogens (tertiary/aromatic N) is 3. The lowest BCUT2D eigenvalue weighted by Gasteiger charge is -2.29. The van der Waals surface area contributed by atoms with E-state index in [1.165, 1.54) is 0 Å². The number of hydrogen-bond donors (Lipinski definition) is 2. The molecule has 9 nitrogen and oxygen atoms in total. The maximum atomic E-state index is 12.9. The highest BCUT2D eigenvalue weighted by Crippen LogP contribution is 2.30. The van der Waals surface area contributed by atoms with E-state index in [1.54, 1.807) is 12.1 Å². The van der Waals surface area contributed by atoms with Gasteiger partial charge >= 0.3 is 0 Å². The van der Waals surface area contributed by atoms with Gasteiger partial charge in [-0.1, -0.05) is 0 Å². The maximum Gasteiger partial charge on any atom is 0.262 e. The number of anilines is 1. The number of imide groups is 2. The van der Waals surface area contributed by atoms with Gasteiger partial charge in [0.15, 0.2) is 0 Å². The average molecular weight is 399 g/mol. The number of carbonyl (C=O) groups excluding carboxylic acids is 4. The number of likely N-dealkylation sites (N-methyl/N-ethyl adjacent to an activating group) is 1. The number of hydrogen-bond acceptors (Lipinski definition) is 7. The van der Waals surface area contributed by atoms with Crippen LogP contribution >= 0.6 is 0 Å². The molecule has 2 N–H and O–H groups in total. The number of rotatable bonds is 5. The van der Waals surface area contributed by atoms with E-state index in [0.29, 0.717) is 11.1 Å². The molecular formula is C20H25N5O4. The van der Waals surface area contributed by atoms with Crippen LogP contribution in [-0.2, 0) is 9.59 Å². The van der Waals surface area contributed by atoms with Gasteiger partial charge in [-0.15, -0.1) is 0 Å². The highest BCUT2D eigenvalue weighted by atomic mass is 16.2. The van der Waals surface area contributed by atoms with Crippen LogP contribution in [0.4, 0.5) is 5.69 Å². The predicted molar refractivity (Wildman–Crippen MR) is 106 cm³/mol. The molecule has 154 valence electrons. The first-order valence-electron chi connectivity index (χ1n) is 9.95. The van der Waals surface area contributed by atoms with Gasteiger partial charge in [0.2, 0.25) is 11.8 Å². The number of amides is 4. The van der Waals surface area contributed by atoms with Crippen molar-refractivity contribution in [1.29, 1.82) is 0 Å². The van der Waals surface area contributed by atoms with E-state index in [4.69, 9.17) is 0 Å². The number of nitrogens with one attached hydrogen (secondary N) is 2. The minimum Gasteiger partial charge on any atom is -0.373 e. The molecule has 2 fully saturated rings. The Morgan fingerprint density at radius 1 is 1.07 bits per heavy atom. The summed E-state index contributed by atoms with van der Waals surface area (Å²) in [6, 6.07) is 4.27. The Balaban J connectivity index is 1.47. The van der Waals surface area contributed by atoms with E-state index in [2.05, 4.69) is 20.4 Å². The molecule has 4 rings (SSSR count). The van der Waals surface area contributed by atoms with E-state index >= 15 is 0 Å². The van der Waals surface area contributed by atoms with E-state index in [0.717, 1.165) is 49.9 Å². The molecule has 0 spiro atoms. The quantitative estimate of drug-likeness (QED) is 0.640. The molecule has 1 atom stereocenters. The zero-order valence-electron chi connectivity index (χ0n) is 16.4. The fourth-order valence-corrected chi connectivity index (χ4v) is 4.05. The number of benzene rings is 1. The Morgan fingerprint density at radius 2 is 1.79 bits per heavy atom. The summed E-state index contributed by atoms with van der Waals surface area (Å²) in [6.45, 7) is 5.75. The van der Waals surface area contributed by atoms with Gasteiger partial charge < -0.3 is 10.2 Å². The molecule has 0 aromatic heterocycles. The van der Waals surface area contributed by atoms with Crippen LogP contribution in [0.3, 0.4) is 0 Å². The molecule has 3 aliphatic rings. The Kier molecular flexibility index (Phi) is 5.33. The van der Waals surface area contributed by atoms with Crippen molar-refractivity contribution >= 4 is 29.3 Å². The van der Waals surface area contributed by atoms with Crippen LogP contribution < -0.4 is 15.5 Å². The average Bonchev–Trinajstić information content (AvgIpc) is 2.97. The molecule has 4 amide bonds. The summed E-state index contributed by atoms with van der Waals surface area (Å²) in [5.41, 5.74) is 1.47. The zero-order chi connectivity index (χ0) is 20.5. The SMILES string of the molecule is CN(CCN1CCNCC1)c1ccc2c(c1)C(=O)N(C1CCC(=O)NC1=O)C2=O. The van der Waals surface area contributed by atoms with Gasteiger partial charge in [0.1, 0.15) is 6.04 Å². The number of piperazine rings is 1. The van der Waals surface area contributed by atoms with Gasteiger partial charge in [-0.3, -0.25) is 34.3 Å². The first kappa shape index (κ1) is 19.5. The van der Waals surface area contributed by atoms with Crippen molar-refractivity contribution in [3.8, 4) is 0 Å². The van der Waals surface area contributed by atoms with Crippen LogP contribution in [0, 0.1) is 0 Å². The van der Waals surface area contributed by atoms with Crippen molar-refractivity contribution in [3.05, 3.63) is 29.3 Å². The van der Waals surface area contributed by atoms with Gasteiger partial charge in [0.05, 0.1) is 11.1 Å². The maximum absolute atomic E-state index is 12.9. The standard InChI is InChI=1S/C20H25N5O4/c1-23(10-11-24-8-6-21-7-9-24)13-2-3-14-15(12-13)20(29)25(19(14)28)16-4-5-17(26)22-18(16)27/h2-3,12,16,21H,4-11H2,1H3,(H,22,26,27). The first-order chi connectivity index (χ1) is 14.0. The lowest BCUT2D eigenvalue weighted by molar-refractivity contribution is -0.136. The van der Waals surface area contributed by atoms with Crippen LogP contribution in [0.15, 0.2) is 18.2 Å². The van der Waals surface area contributed by atoms with Crippen molar-refractivity contribution < 1.29 is 19.2 Å². The van der Waals surface area contributed by atoms with Crippen LogP contribution in [0.5, 0.6) is 0 Å². The molecule has 0 bridgehead atoms. The Bertz CT molecular complexity index is 864. The lowest BCUT2D eigenvalue weighted by atomic mass is 10.0. The molecular weight excluding hydrogens is 374 g/mol. The molecule has 1 aromatic rings. The normalized spacial score (nSPS) is 22.7. The highest BCUT2D eigenvalue weighted by molar-refractivity contribution is 6.23. The Labute approximate surface area is 169 Å². The van der Waals surface area contributed by atoms with Gasteiger partial charge in [0, 0.05) is 58.4 Å². The molecule has 1 unspecified atom stereocenters. The lowest BCUT2D eigenvalue weighted by Crippen LogP contribution is -2.54. The topological polar surface area (TPSA) is 102 Å². The van der Waals surface area contributed by atoms with Gasteiger partial charge in [-0.25, -0.2) is 0 Å². The minimum atomic E-state index is -0.936. The third-order valence-corrected chi connectivity index (χ3v) is 5.83. The fourth-order valence-electron chi connectivity index (χ4n) is 4.05. The van der Waals surface area contributed by atoms with Crippen LogP contribution in [0.1, 0.15) is 33.6 Å². The smallest absolute Gasteiger partial charge is 0.262 e. The molecule has 1 aromatic carbocycles. The van der Waals surface area contributed by atoms with Crippen molar-refractivity contribution in [2.24, 2.45) is 0 Å². The zero-order valence-corrected chi connectivity index (χ0v) is 16.4. The third-order valence-electron chi connectivity index (χ3n) is 5.83. The molecule has 3 heterocycles. The molecule has 3 aliphatic heterocycles. The fraction of sp³-hybridized carbons (Fsp3) is 0.500. The van der Waals surface area contributed by atoms with Crippen LogP contribution in [0.2, 0.25) is 0 Å². The largest absolute Gasteiger partial charge is 0.373 e. The summed E-state index contributed by atoms with van der Waals surface area (Å²) in [5, 5.41) is 5.54. The molecule has 0 saturated carbocycles. The summed E-state index contributed by atoms with van der Waals surface area (Å²) in [4.78, 5) is 54.7. The second-order valence-electron chi connectivity index (χ2n) is 7.69. The van der Waals surface area contributed by atoms with Crippen molar-refractivity contribution in [3.63, 3.8) is 0 Å². The summed E-state index contributed by atoms with van der Waals surface area (Å²) in [7, 11) is 1.96. The summed E-state index contributed by atoms with van der Waals surface area (Å²) < 4.78 is 0. The number of carbonyl (C=O) groups is 4. The van der Waals surface area contributed by atoms with Crippen molar-refractivity contribution in [1.82, 2.24) is 20.4 Å². The van der Waals surface area contributed by atoms with Gasteiger partial charge in [-0.2, -0.15) is 0 Å². The van der Waals surface area contributed by atoms with Crippen molar-refractivity contribution in [2.45, 2.75) is 18.9 Å². The van der Waals surface area contributed by atoms with E-state index < -0.39 is 23.8 Å². The molecule has 9 heteroatoms. The molecule has 0 aliphatic carbocycles. The van der Waals surface area contributed by atoms with Crippen LogP contribution in [0.25, 0.3) is 0 Å². The van der Waals surface area contributed by atoms with E-state index in [9.17, 15) is 19.2 Å². The second-order valence-corrected chi connectivity index (χ2v) is 7.69. The summed E-state index contributed by atoms with van der Waals surface area (Å²) >= 11 is 0. The Morgan fingerprint density at radius 3 is 2.52 bits per heavy atom. The van der Waals surface area contributed by atoms with E-state index in [-0.39, 0.29) is 18.7 Å². The van der Waals surface area contributed by atoms with Gasteiger partial charge in [-0.05, 0) is 24.6 Å². The second kappa shape index (κ2) is 7.92. The molecule has 2 saturated heterocycles. The number of piperidine rings is 1. The minimum absolute atomic E-state index is 0.115. The van der Waals surface area contributed by atoms with E-state index in [1.807, 2.05) is 13.1 Å². The highest BCUT2D eigenvalue weighted by Gasteiger charge is 2.44. The van der Waals surface area contributed by atoms with Gasteiger partial charge in [0.25, 0.3) is 11.8 Å². The number of fused-ring (bicyclic) bond motifs is 1. The molecule has 0 radical (unpaired) electrons. The third kappa shape index (κ3) is 3.75. The monoisotopic (exact) mass is 399 g/mol. The van der Waals surface area contributed by atoms with Crippen molar-refractivity contribution in [2.75, 3.05) is 51.2 Å². The first-order valence-corrected chi connectivity index (χ1v) is 9.95.